The number of Topliss-reactive ketones (excluding diaryl/α,β-unsaturated/α-hetero) is 2. The molecule has 0 radical (unpaired) electrons. The summed E-state index contributed by atoms with van der Waals surface area (Å²) in [5.74, 6) is 0.306. The number of ketones is 2. The molecule has 1 heterocycles. The zero-order valence-corrected chi connectivity index (χ0v) is 20.4. The van der Waals surface area contributed by atoms with Gasteiger partial charge >= 0.3 is 0 Å². The van der Waals surface area contributed by atoms with Crippen molar-refractivity contribution in [3.05, 3.63) is 144 Å². The van der Waals surface area contributed by atoms with Crippen LogP contribution in [-0.2, 0) is 0 Å². The molecule has 0 spiro atoms. The molecule has 0 amide bonds. The van der Waals surface area contributed by atoms with E-state index in [1.54, 1.807) is 0 Å². The highest BCUT2D eigenvalue weighted by atomic mass is 16.1. The molecule has 1 fully saturated rings. The fraction of sp³-hybridized carbons (Fsp3) is 0.212. The molecule has 1 aliphatic heterocycles. The summed E-state index contributed by atoms with van der Waals surface area (Å²) in [6.07, 6.45) is 2.66. The van der Waals surface area contributed by atoms with Crippen LogP contribution in [0.25, 0.3) is 0 Å². The molecule has 3 heteroatoms. The maximum Gasteiger partial charge on any atom is 0.164 e. The quantitative estimate of drug-likeness (QED) is 0.242. The van der Waals surface area contributed by atoms with Crippen molar-refractivity contribution in [2.75, 3.05) is 0 Å². The smallest absolute Gasteiger partial charge is 0.164 e. The maximum atomic E-state index is 13.3. The van der Waals surface area contributed by atoms with Crippen molar-refractivity contribution in [2.24, 2.45) is 0 Å². The van der Waals surface area contributed by atoms with Crippen LogP contribution >= 0.6 is 0 Å². The van der Waals surface area contributed by atoms with Crippen LogP contribution in [0.15, 0.2) is 121 Å². The molecular formula is C33H31NO2. The molecule has 0 aromatic heterocycles. The zero-order valence-electron chi connectivity index (χ0n) is 20.4. The summed E-state index contributed by atoms with van der Waals surface area (Å²) >= 11 is 0. The van der Waals surface area contributed by atoms with Crippen LogP contribution < -0.4 is 0 Å². The fourth-order valence-corrected chi connectivity index (χ4v) is 5.54. The fourth-order valence-electron chi connectivity index (χ4n) is 5.54. The SMILES string of the molecule is O=C(C[C@H]1CC[C@@H](CC(=O)c2ccccc2)N1C(c1ccccc1)c1ccccc1)c1ccccc1. The van der Waals surface area contributed by atoms with Crippen LogP contribution in [0.2, 0.25) is 0 Å². The monoisotopic (exact) mass is 473 g/mol. The van der Waals surface area contributed by atoms with Crippen molar-refractivity contribution in [3.63, 3.8) is 0 Å². The van der Waals surface area contributed by atoms with E-state index in [9.17, 15) is 9.59 Å². The van der Waals surface area contributed by atoms with Crippen LogP contribution in [-0.4, -0.2) is 28.6 Å². The molecule has 4 aromatic carbocycles. The van der Waals surface area contributed by atoms with Crippen molar-refractivity contribution in [2.45, 2.75) is 43.8 Å². The van der Waals surface area contributed by atoms with E-state index in [2.05, 4.69) is 53.4 Å². The number of nitrogens with zero attached hydrogens (tertiary/aromatic N) is 1. The van der Waals surface area contributed by atoms with E-state index in [-0.39, 0.29) is 29.7 Å². The lowest BCUT2D eigenvalue weighted by Gasteiger charge is -2.38. The lowest BCUT2D eigenvalue weighted by Crippen LogP contribution is -2.41. The van der Waals surface area contributed by atoms with Crippen LogP contribution in [0.5, 0.6) is 0 Å². The first-order valence-corrected chi connectivity index (χ1v) is 12.7. The Kier molecular flexibility index (Phi) is 7.49. The highest BCUT2D eigenvalue weighted by Gasteiger charge is 2.41. The van der Waals surface area contributed by atoms with Crippen LogP contribution in [0, 0.1) is 0 Å². The number of benzene rings is 4. The second-order valence-electron chi connectivity index (χ2n) is 9.54. The number of carbonyl (C=O) groups excluding carboxylic acids is 2. The molecule has 4 aromatic rings. The van der Waals surface area contributed by atoms with E-state index < -0.39 is 0 Å². The highest BCUT2D eigenvalue weighted by Crippen LogP contribution is 2.41. The Bertz CT molecular complexity index is 1170. The Morgan fingerprint density at radius 3 is 1.25 bits per heavy atom. The van der Waals surface area contributed by atoms with E-state index in [0.29, 0.717) is 12.8 Å². The molecule has 180 valence electrons. The van der Waals surface area contributed by atoms with Crippen LogP contribution in [0.1, 0.15) is 63.6 Å². The lowest BCUT2D eigenvalue weighted by molar-refractivity contribution is 0.0836. The topological polar surface area (TPSA) is 37.4 Å². The van der Waals surface area contributed by atoms with Gasteiger partial charge in [-0.15, -0.1) is 0 Å². The summed E-state index contributed by atoms with van der Waals surface area (Å²) in [6.45, 7) is 0. The minimum Gasteiger partial charge on any atom is -0.294 e. The zero-order chi connectivity index (χ0) is 24.7. The molecule has 0 saturated carbocycles. The molecule has 36 heavy (non-hydrogen) atoms. The van der Waals surface area contributed by atoms with E-state index >= 15 is 0 Å². The first-order valence-electron chi connectivity index (χ1n) is 12.7. The molecule has 3 nitrogen and oxygen atoms in total. The third kappa shape index (κ3) is 5.37. The Hall–Kier alpha value is -3.82. The molecule has 5 rings (SSSR count). The molecular weight excluding hydrogens is 442 g/mol. The van der Waals surface area contributed by atoms with Gasteiger partial charge in [0.1, 0.15) is 0 Å². The van der Waals surface area contributed by atoms with Crippen molar-refractivity contribution < 1.29 is 9.59 Å². The minimum atomic E-state index is -0.0305. The summed E-state index contributed by atoms with van der Waals surface area (Å²) in [4.78, 5) is 29.1. The standard InChI is InChI=1S/C33H31NO2/c35-31(25-13-5-1-6-14-25)23-29-21-22-30(24-32(36)26-15-7-2-8-16-26)34(29)33(27-17-9-3-10-18-27)28-19-11-4-12-20-28/h1-20,29-30,33H,21-24H2/t29-,30+. The van der Waals surface area contributed by atoms with Gasteiger partial charge < -0.3 is 0 Å². The summed E-state index contributed by atoms with van der Waals surface area (Å²) in [6, 6.07) is 40.1. The largest absolute Gasteiger partial charge is 0.294 e. The van der Waals surface area contributed by atoms with E-state index in [1.807, 2.05) is 72.8 Å². The molecule has 1 aliphatic rings. The lowest BCUT2D eigenvalue weighted by atomic mass is 9.93. The number of rotatable bonds is 9. The number of hydrogen-bond donors (Lipinski definition) is 0. The van der Waals surface area contributed by atoms with Crippen molar-refractivity contribution in [1.82, 2.24) is 4.90 Å². The van der Waals surface area contributed by atoms with Crippen molar-refractivity contribution in [1.29, 1.82) is 0 Å². The summed E-state index contributed by atoms with van der Waals surface area (Å²) in [5.41, 5.74) is 3.86. The first kappa shape index (κ1) is 23.9. The Morgan fingerprint density at radius 1 is 0.556 bits per heavy atom. The predicted octanol–water partition coefficient (Wildman–Crippen LogP) is 7.16. The maximum absolute atomic E-state index is 13.3. The number of likely N-dealkylation sites (tertiary alicyclic amines) is 1. The van der Waals surface area contributed by atoms with E-state index in [4.69, 9.17) is 0 Å². The van der Waals surface area contributed by atoms with Crippen LogP contribution in [0.4, 0.5) is 0 Å². The summed E-state index contributed by atoms with van der Waals surface area (Å²) < 4.78 is 0. The van der Waals surface area contributed by atoms with Gasteiger partial charge in [0, 0.05) is 36.1 Å². The average molecular weight is 474 g/mol. The Balaban J connectivity index is 1.51. The Morgan fingerprint density at radius 2 is 0.889 bits per heavy atom. The molecule has 0 bridgehead atoms. The van der Waals surface area contributed by atoms with Crippen molar-refractivity contribution >= 4 is 11.6 Å². The first-order chi connectivity index (χ1) is 17.7. The van der Waals surface area contributed by atoms with Gasteiger partial charge in [0.25, 0.3) is 0 Å². The van der Waals surface area contributed by atoms with Gasteiger partial charge in [-0.05, 0) is 24.0 Å². The molecule has 2 atom stereocenters. The highest BCUT2D eigenvalue weighted by molar-refractivity contribution is 5.97. The molecule has 0 aliphatic carbocycles. The Labute approximate surface area is 213 Å². The second-order valence-corrected chi connectivity index (χ2v) is 9.54. The predicted molar refractivity (Wildman–Crippen MR) is 144 cm³/mol. The van der Waals surface area contributed by atoms with E-state index in [0.717, 1.165) is 24.0 Å². The third-order valence-corrected chi connectivity index (χ3v) is 7.24. The number of hydrogen-bond acceptors (Lipinski definition) is 3. The van der Waals surface area contributed by atoms with E-state index in [1.165, 1.54) is 11.1 Å². The normalized spacial score (nSPS) is 17.8. The van der Waals surface area contributed by atoms with Crippen molar-refractivity contribution in [3.8, 4) is 0 Å². The molecule has 1 saturated heterocycles. The van der Waals surface area contributed by atoms with Gasteiger partial charge in [0.05, 0.1) is 6.04 Å². The average Bonchev–Trinajstić information content (AvgIpc) is 3.32. The van der Waals surface area contributed by atoms with Gasteiger partial charge in [-0.2, -0.15) is 0 Å². The van der Waals surface area contributed by atoms with Crippen LogP contribution in [0.3, 0.4) is 0 Å². The van der Waals surface area contributed by atoms with Gasteiger partial charge in [0.2, 0.25) is 0 Å². The summed E-state index contributed by atoms with van der Waals surface area (Å²) in [5, 5.41) is 0. The summed E-state index contributed by atoms with van der Waals surface area (Å²) in [7, 11) is 0. The van der Waals surface area contributed by atoms with Gasteiger partial charge in [0.15, 0.2) is 11.6 Å². The molecule has 0 unspecified atom stereocenters. The third-order valence-electron chi connectivity index (χ3n) is 7.24. The number of carbonyl (C=O) groups is 2. The molecule has 0 N–H and O–H groups in total. The van der Waals surface area contributed by atoms with Gasteiger partial charge in [-0.25, -0.2) is 0 Å². The van der Waals surface area contributed by atoms with Gasteiger partial charge in [-0.3, -0.25) is 14.5 Å². The minimum absolute atomic E-state index is 0.0305. The van der Waals surface area contributed by atoms with Gasteiger partial charge in [-0.1, -0.05) is 121 Å². The second kappa shape index (κ2) is 11.3.